The summed E-state index contributed by atoms with van der Waals surface area (Å²) in [4.78, 5) is 22.9. The van der Waals surface area contributed by atoms with E-state index in [0.29, 0.717) is 0 Å². The molecule has 0 saturated heterocycles. The molecule has 21 heavy (non-hydrogen) atoms. The number of carbonyl (C=O) groups is 2. The maximum Gasteiger partial charge on any atom is 0.450 e. The first kappa shape index (κ1) is 15.2. The summed E-state index contributed by atoms with van der Waals surface area (Å²) in [6, 6.07) is 9.30. The highest BCUT2D eigenvalue weighted by Gasteiger charge is 2.48. The third-order valence-corrected chi connectivity index (χ3v) is 3.32. The van der Waals surface area contributed by atoms with Crippen LogP contribution in [0.25, 0.3) is 6.08 Å². The molecule has 0 radical (unpaired) electrons. The Kier molecular flexibility index (Phi) is 4.40. The minimum atomic E-state index is -4.95. The van der Waals surface area contributed by atoms with Crippen molar-refractivity contribution in [1.29, 1.82) is 0 Å². The van der Waals surface area contributed by atoms with Crippen LogP contribution in [0.5, 0.6) is 0 Å². The molecule has 0 bridgehead atoms. The predicted molar refractivity (Wildman–Crippen MR) is 72.4 cm³/mol. The average Bonchev–Trinajstić information content (AvgIpc) is 2.80. The zero-order chi connectivity index (χ0) is 15.5. The Morgan fingerprint density at radius 2 is 1.86 bits per heavy atom. The molecule has 1 fully saturated rings. The van der Waals surface area contributed by atoms with Gasteiger partial charge in [0.2, 0.25) is 5.78 Å². The van der Waals surface area contributed by atoms with Crippen LogP contribution in [0.3, 0.4) is 0 Å². The highest BCUT2D eigenvalue weighted by Crippen LogP contribution is 2.32. The largest absolute Gasteiger partial charge is 0.450 e. The van der Waals surface area contributed by atoms with E-state index in [-0.39, 0.29) is 18.4 Å². The fourth-order valence-electron chi connectivity index (χ4n) is 2.23. The van der Waals surface area contributed by atoms with Crippen molar-refractivity contribution in [3.8, 4) is 0 Å². The van der Waals surface area contributed by atoms with Crippen molar-refractivity contribution in [1.82, 2.24) is 0 Å². The summed E-state index contributed by atoms with van der Waals surface area (Å²) in [5, 5.41) is 0. The van der Waals surface area contributed by atoms with Gasteiger partial charge in [0.05, 0.1) is 5.92 Å². The lowest BCUT2D eigenvalue weighted by molar-refractivity contribution is -0.176. The van der Waals surface area contributed by atoms with Crippen molar-refractivity contribution in [3.05, 3.63) is 53.6 Å². The molecule has 1 aromatic carbocycles. The van der Waals surface area contributed by atoms with Crippen molar-refractivity contribution in [2.45, 2.75) is 19.0 Å². The number of Topliss-reactive ketones (excluding diaryl/α,β-unsaturated/α-hetero) is 2. The maximum atomic E-state index is 12.3. The lowest BCUT2D eigenvalue weighted by Crippen LogP contribution is -2.32. The average molecular weight is 294 g/mol. The number of halogens is 3. The molecule has 0 aromatic heterocycles. The van der Waals surface area contributed by atoms with Crippen molar-refractivity contribution in [3.63, 3.8) is 0 Å². The van der Waals surface area contributed by atoms with E-state index in [0.717, 1.165) is 5.56 Å². The number of hydrogen-bond acceptors (Lipinski definition) is 2. The lowest BCUT2D eigenvalue weighted by Gasteiger charge is -2.09. The number of rotatable bonds is 3. The molecule has 0 heterocycles. The van der Waals surface area contributed by atoms with E-state index in [2.05, 4.69) is 0 Å². The van der Waals surface area contributed by atoms with Crippen molar-refractivity contribution in [2.24, 2.45) is 5.92 Å². The van der Waals surface area contributed by atoms with E-state index in [1.165, 1.54) is 6.08 Å². The van der Waals surface area contributed by atoms with Crippen molar-refractivity contribution >= 4 is 17.6 Å². The van der Waals surface area contributed by atoms with Crippen LogP contribution in [0.2, 0.25) is 0 Å². The quantitative estimate of drug-likeness (QED) is 0.628. The fourth-order valence-corrected chi connectivity index (χ4v) is 2.23. The van der Waals surface area contributed by atoms with Gasteiger partial charge in [0.25, 0.3) is 0 Å². The molecule has 1 aliphatic rings. The highest BCUT2D eigenvalue weighted by atomic mass is 19.4. The van der Waals surface area contributed by atoms with E-state index < -0.39 is 23.7 Å². The number of benzene rings is 1. The zero-order valence-electron chi connectivity index (χ0n) is 11.1. The molecule has 1 atom stereocenters. The number of allylic oxidation sites excluding steroid dienone is 3. The summed E-state index contributed by atoms with van der Waals surface area (Å²) >= 11 is 0. The first-order chi connectivity index (χ1) is 9.89. The van der Waals surface area contributed by atoms with E-state index in [1.54, 1.807) is 12.2 Å². The van der Waals surface area contributed by atoms with Gasteiger partial charge in [0.1, 0.15) is 0 Å². The molecule has 110 valence electrons. The van der Waals surface area contributed by atoms with Gasteiger partial charge >= 0.3 is 6.18 Å². The van der Waals surface area contributed by atoms with Crippen LogP contribution in [0.15, 0.2) is 48.1 Å². The molecule has 2 rings (SSSR count). The molecular formula is C16H13F3O2. The second kappa shape index (κ2) is 6.08. The van der Waals surface area contributed by atoms with E-state index in [1.807, 2.05) is 30.3 Å². The van der Waals surface area contributed by atoms with Crippen LogP contribution in [0, 0.1) is 5.92 Å². The van der Waals surface area contributed by atoms with Gasteiger partial charge in [-0.15, -0.1) is 0 Å². The molecule has 0 spiro atoms. The molecule has 0 aliphatic heterocycles. The van der Waals surface area contributed by atoms with Gasteiger partial charge in [-0.25, -0.2) is 0 Å². The molecule has 0 N–H and O–H groups in total. The van der Waals surface area contributed by atoms with Gasteiger partial charge in [-0.3, -0.25) is 9.59 Å². The van der Waals surface area contributed by atoms with Crippen molar-refractivity contribution in [2.75, 3.05) is 0 Å². The molecule has 1 aliphatic carbocycles. The Balaban J connectivity index is 2.07. The summed E-state index contributed by atoms with van der Waals surface area (Å²) in [6.07, 6.45) is 0.0312. The van der Waals surface area contributed by atoms with E-state index in [4.69, 9.17) is 0 Å². The summed E-state index contributed by atoms with van der Waals surface area (Å²) in [6.45, 7) is 0. The second-order valence-corrected chi connectivity index (χ2v) is 4.78. The Morgan fingerprint density at radius 1 is 1.19 bits per heavy atom. The maximum absolute atomic E-state index is 12.3. The number of carbonyl (C=O) groups excluding carboxylic acids is 2. The number of hydrogen-bond donors (Lipinski definition) is 0. The molecule has 2 nitrogen and oxygen atoms in total. The topological polar surface area (TPSA) is 34.1 Å². The number of ketones is 2. The summed E-state index contributed by atoms with van der Waals surface area (Å²) < 4.78 is 37.0. The smallest absolute Gasteiger partial charge is 0.294 e. The lowest BCUT2D eigenvalue weighted by atomic mass is 10.0. The molecule has 1 saturated carbocycles. The standard InChI is InChI=1S/C16H13F3O2/c17-16(18,19)15(21)13-10-9-12(14(13)20)8-4-7-11-5-2-1-3-6-11/h1-8,13H,9-10H2/b7-4+,12-8-. The van der Waals surface area contributed by atoms with Crippen LogP contribution >= 0.6 is 0 Å². The molecule has 1 unspecified atom stereocenters. The first-order valence-electron chi connectivity index (χ1n) is 6.47. The number of alkyl halides is 3. The zero-order valence-corrected chi connectivity index (χ0v) is 11.1. The van der Waals surface area contributed by atoms with Crippen LogP contribution in [0.4, 0.5) is 13.2 Å². The van der Waals surface area contributed by atoms with Gasteiger partial charge in [0.15, 0.2) is 5.78 Å². The Hall–Kier alpha value is -2.17. The monoisotopic (exact) mass is 294 g/mol. The van der Waals surface area contributed by atoms with E-state index >= 15 is 0 Å². The van der Waals surface area contributed by atoms with Gasteiger partial charge in [-0.1, -0.05) is 48.6 Å². The normalized spacial score (nSPS) is 21.4. The van der Waals surface area contributed by atoms with Crippen LogP contribution in [-0.4, -0.2) is 17.7 Å². The molecule has 1 aromatic rings. The Morgan fingerprint density at radius 3 is 2.48 bits per heavy atom. The first-order valence-corrected chi connectivity index (χ1v) is 6.47. The van der Waals surface area contributed by atoms with Gasteiger partial charge in [-0.2, -0.15) is 13.2 Å². The van der Waals surface area contributed by atoms with Gasteiger partial charge < -0.3 is 0 Å². The minimum Gasteiger partial charge on any atom is -0.294 e. The van der Waals surface area contributed by atoms with E-state index in [9.17, 15) is 22.8 Å². The SMILES string of the molecule is O=C1/C(=C\C=C\c2ccccc2)CCC1C(=O)C(F)(F)F. The van der Waals surface area contributed by atoms with Gasteiger partial charge in [-0.05, 0) is 24.0 Å². The molecule has 5 heteroatoms. The minimum absolute atomic E-state index is 0.0673. The Labute approximate surface area is 120 Å². The van der Waals surface area contributed by atoms with Crippen LogP contribution in [0.1, 0.15) is 18.4 Å². The third-order valence-electron chi connectivity index (χ3n) is 3.32. The summed E-state index contributed by atoms with van der Waals surface area (Å²) in [5.41, 5.74) is 1.19. The van der Waals surface area contributed by atoms with Crippen LogP contribution in [-0.2, 0) is 9.59 Å². The van der Waals surface area contributed by atoms with Gasteiger partial charge in [0, 0.05) is 0 Å². The van der Waals surface area contributed by atoms with Crippen LogP contribution < -0.4 is 0 Å². The Bertz CT molecular complexity index is 598. The molecular weight excluding hydrogens is 281 g/mol. The highest BCUT2D eigenvalue weighted by molar-refractivity contribution is 6.13. The summed E-state index contributed by atoms with van der Waals surface area (Å²) in [7, 11) is 0. The predicted octanol–water partition coefficient (Wildman–Crippen LogP) is 3.74. The fraction of sp³-hybridized carbons (Fsp3) is 0.250. The van der Waals surface area contributed by atoms with Crippen molar-refractivity contribution < 1.29 is 22.8 Å². The second-order valence-electron chi connectivity index (χ2n) is 4.78. The third kappa shape index (κ3) is 3.68. The molecule has 0 amide bonds. The summed E-state index contributed by atoms with van der Waals surface area (Å²) in [5.74, 6) is -4.22.